The van der Waals surface area contributed by atoms with Crippen molar-refractivity contribution < 1.29 is 23.5 Å². The Morgan fingerprint density at radius 3 is 2.61 bits per heavy atom. The van der Waals surface area contributed by atoms with E-state index in [9.17, 15) is 4.79 Å². The molecule has 0 aliphatic rings. The van der Waals surface area contributed by atoms with Crippen molar-refractivity contribution in [3.05, 3.63) is 59.0 Å². The second-order valence-corrected chi connectivity index (χ2v) is 7.80. The van der Waals surface area contributed by atoms with E-state index in [0.717, 1.165) is 27.2 Å². The maximum absolute atomic E-state index is 12.8. The van der Waals surface area contributed by atoms with Gasteiger partial charge in [-0.3, -0.25) is 10.1 Å². The highest BCUT2D eigenvalue weighted by atomic mass is 32.1. The lowest BCUT2D eigenvalue weighted by Gasteiger charge is -2.08. The topological polar surface area (TPSA) is 95.7 Å². The predicted molar refractivity (Wildman–Crippen MR) is 117 cm³/mol. The summed E-state index contributed by atoms with van der Waals surface area (Å²) in [6, 6.07) is 10.6. The van der Waals surface area contributed by atoms with Gasteiger partial charge >= 0.3 is 0 Å². The van der Waals surface area contributed by atoms with Crippen molar-refractivity contribution in [3.63, 3.8) is 0 Å². The summed E-state index contributed by atoms with van der Waals surface area (Å²) in [7, 11) is 3.15. The normalized spacial score (nSPS) is 10.8. The second kappa shape index (κ2) is 8.65. The van der Waals surface area contributed by atoms with Gasteiger partial charge in [0.15, 0.2) is 16.6 Å². The van der Waals surface area contributed by atoms with Gasteiger partial charge in [-0.25, -0.2) is 4.98 Å². The number of amides is 1. The zero-order valence-electron chi connectivity index (χ0n) is 17.5. The molecule has 0 spiro atoms. The summed E-state index contributed by atoms with van der Waals surface area (Å²) in [6.07, 6.45) is 0. The molecule has 0 fully saturated rings. The lowest BCUT2D eigenvalue weighted by Crippen LogP contribution is -2.11. The van der Waals surface area contributed by atoms with Crippen molar-refractivity contribution in [1.29, 1.82) is 0 Å². The van der Waals surface area contributed by atoms with Gasteiger partial charge < -0.3 is 18.7 Å². The molecule has 4 rings (SSSR count). The first-order valence-electron chi connectivity index (χ1n) is 9.47. The number of aryl methyl sites for hydroxylation is 2. The minimum absolute atomic E-state index is 0.277. The summed E-state index contributed by atoms with van der Waals surface area (Å²) < 4.78 is 22.5. The van der Waals surface area contributed by atoms with Crippen LogP contribution in [0, 0.1) is 13.8 Å². The highest BCUT2D eigenvalue weighted by Gasteiger charge is 2.14. The van der Waals surface area contributed by atoms with Crippen LogP contribution < -0.4 is 19.5 Å². The van der Waals surface area contributed by atoms with E-state index in [1.807, 2.05) is 19.9 Å². The van der Waals surface area contributed by atoms with Crippen molar-refractivity contribution in [3.8, 4) is 17.2 Å². The van der Waals surface area contributed by atoms with E-state index in [-0.39, 0.29) is 5.91 Å². The number of benzene rings is 2. The van der Waals surface area contributed by atoms with E-state index < -0.39 is 0 Å². The molecule has 0 saturated carbocycles. The summed E-state index contributed by atoms with van der Waals surface area (Å²) in [4.78, 5) is 17.2. The zero-order valence-corrected chi connectivity index (χ0v) is 18.3. The fourth-order valence-electron chi connectivity index (χ4n) is 3.07. The Labute approximate surface area is 182 Å². The quantitative estimate of drug-likeness (QED) is 0.444. The number of fused-ring (bicyclic) bond motifs is 1. The molecule has 8 nitrogen and oxygen atoms in total. The van der Waals surface area contributed by atoms with Gasteiger partial charge in [0.1, 0.15) is 18.1 Å². The molecule has 2 aromatic carbocycles. The number of carbonyl (C=O) groups is 1. The van der Waals surface area contributed by atoms with Gasteiger partial charge in [0.2, 0.25) is 0 Å². The van der Waals surface area contributed by atoms with Crippen molar-refractivity contribution in [2.45, 2.75) is 20.5 Å². The summed E-state index contributed by atoms with van der Waals surface area (Å²) >= 11 is 1.36. The summed E-state index contributed by atoms with van der Waals surface area (Å²) in [5.41, 5.74) is 2.87. The predicted octanol–water partition coefficient (Wildman–Crippen LogP) is 4.75. The number of rotatable bonds is 7. The number of methoxy groups -OCH3 is 2. The molecule has 4 aromatic rings. The van der Waals surface area contributed by atoms with Gasteiger partial charge in [0.25, 0.3) is 5.91 Å². The molecule has 9 heteroatoms. The molecule has 2 aromatic heterocycles. The standard InChI is InChI=1S/C22H21N3O5S/c1-12-16(13(2)30-25-12)11-29-15-7-5-6-14(8-15)21(26)24-22-23-17-9-18(27-3)19(28-4)10-20(17)31-22/h5-10H,11H2,1-4H3,(H,23,24,26). The zero-order chi connectivity index (χ0) is 22.0. The molecule has 0 radical (unpaired) electrons. The smallest absolute Gasteiger partial charge is 0.257 e. The van der Waals surface area contributed by atoms with Crippen LogP contribution >= 0.6 is 11.3 Å². The lowest BCUT2D eigenvalue weighted by atomic mass is 10.2. The van der Waals surface area contributed by atoms with Gasteiger partial charge in [-0.15, -0.1) is 0 Å². The first-order valence-corrected chi connectivity index (χ1v) is 10.3. The second-order valence-electron chi connectivity index (χ2n) is 6.77. The fraction of sp³-hybridized carbons (Fsp3) is 0.227. The van der Waals surface area contributed by atoms with Gasteiger partial charge in [0, 0.05) is 17.7 Å². The van der Waals surface area contributed by atoms with Crippen molar-refractivity contribution in [2.75, 3.05) is 19.5 Å². The van der Waals surface area contributed by atoms with Crippen LogP contribution in [-0.2, 0) is 6.61 Å². The van der Waals surface area contributed by atoms with Gasteiger partial charge in [-0.05, 0) is 32.0 Å². The van der Waals surface area contributed by atoms with Gasteiger partial charge in [0.05, 0.1) is 35.7 Å². The SMILES string of the molecule is COc1cc2nc(NC(=O)c3cccc(OCc4c(C)noc4C)c3)sc2cc1OC. The molecule has 0 saturated heterocycles. The van der Waals surface area contributed by atoms with Gasteiger partial charge in [-0.1, -0.05) is 22.6 Å². The first-order chi connectivity index (χ1) is 15.0. The Bertz CT molecular complexity index is 1190. The Balaban J connectivity index is 1.49. The molecule has 1 amide bonds. The number of carbonyl (C=O) groups excluding carboxylic acids is 1. The van der Waals surface area contributed by atoms with E-state index in [4.69, 9.17) is 18.7 Å². The van der Waals surface area contributed by atoms with Crippen LogP contribution in [0.5, 0.6) is 17.2 Å². The van der Waals surface area contributed by atoms with E-state index in [0.29, 0.717) is 34.6 Å². The number of aromatic nitrogens is 2. The molecule has 0 aliphatic heterocycles. The highest BCUT2D eigenvalue weighted by molar-refractivity contribution is 7.22. The largest absolute Gasteiger partial charge is 0.493 e. The van der Waals surface area contributed by atoms with Crippen LogP contribution in [0.4, 0.5) is 5.13 Å². The van der Waals surface area contributed by atoms with E-state index in [1.165, 1.54) is 11.3 Å². The summed E-state index contributed by atoms with van der Waals surface area (Å²) in [5.74, 6) is 2.21. The molecular formula is C22H21N3O5S. The third-order valence-corrected chi connectivity index (χ3v) is 5.71. The van der Waals surface area contributed by atoms with Crippen molar-refractivity contribution in [2.24, 2.45) is 0 Å². The summed E-state index contributed by atoms with van der Waals surface area (Å²) in [5, 5.41) is 7.25. The van der Waals surface area contributed by atoms with E-state index in [1.54, 1.807) is 44.6 Å². The van der Waals surface area contributed by atoms with Crippen LogP contribution in [0.15, 0.2) is 40.9 Å². The molecule has 31 heavy (non-hydrogen) atoms. The fourth-order valence-corrected chi connectivity index (χ4v) is 3.94. The Morgan fingerprint density at radius 2 is 1.90 bits per heavy atom. The Hall–Kier alpha value is -3.59. The Morgan fingerprint density at radius 1 is 1.13 bits per heavy atom. The summed E-state index contributed by atoms with van der Waals surface area (Å²) in [6.45, 7) is 4.02. The van der Waals surface area contributed by atoms with Crippen LogP contribution in [0.2, 0.25) is 0 Å². The minimum atomic E-state index is -0.277. The van der Waals surface area contributed by atoms with Crippen LogP contribution in [0.1, 0.15) is 27.4 Å². The van der Waals surface area contributed by atoms with Crippen LogP contribution in [0.3, 0.4) is 0 Å². The molecule has 0 aliphatic carbocycles. The first kappa shape index (κ1) is 20.7. The maximum atomic E-state index is 12.8. The van der Waals surface area contributed by atoms with Crippen molar-refractivity contribution in [1.82, 2.24) is 10.1 Å². The third-order valence-electron chi connectivity index (χ3n) is 4.77. The number of nitrogens with one attached hydrogen (secondary N) is 1. The molecule has 0 bridgehead atoms. The van der Waals surface area contributed by atoms with Crippen LogP contribution in [0.25, 0.3) is 10.2 Å². The highest BCUT2D eigenvalue weighted by Crippen LogP contribution is 2.36. The van der Waals surface area contributed by atoms with Crippen molar-refractivity contribution >= 4 is 32.6 Å². The number of nitrogens with zero attached hydrogens (tertiary/aromatic N) is 2. The number of ether oxygens (including phenoxy) is 3. The van der Waals surface area contributed by atoms with Gasteiger partial charge in [-0.2, -0.15) is 0 Å². The molecule has 0 atom stereocenters. The third kappa shape index (κ3) is 4.31. The maximum Gasteiger partial charge on any atom is 0.257 e. The minimum Gasteiger partial charge on any atom is -0.493 e. The average molecular weight is 439 g/mol. The number of thiazole rings is 1. The number of hydrogen-bond acceptors (Lipinski definition) is 8. The van der Waals surface area contributed by atoms with E-state index >= 15 is 0 Å². The average Bonchev–Trinajstić information content (AvgIpc) is 3.32. The molecular weight excluding hydrogens is 418 g/mol. The lowest BCUT2D eigenvalue weighted by molar-refractivity contribution is 0.102. The Kier molecular flexibility index (Phi) is 5.77. The molecule has 2 heterocycles. The monoisotopic (exact) mass is 439 g/mol. The molecule has 160 valence electrons. The number of hydrogen-bond donors (Lipinski definition) is 1. The number of anilines is 1. The van der Waals surface area contributed by atoms with Crippen LogP contribution in [-0.4, -0.2) is 30.3 Å². The molecule has 0 unspecified atom stereocenters. The van der Waals surface area contributed by atoms with E-state index in [2.05, 4.69) is 15.5 Å². The molecule has 1 N–H and O–H groups in total.